The summed E-state index contributed by atoms with van der Waals surface area (Å²) in [4.78, 5) is 0. The topological polar surface area (TPSA) is 61.4 Å². The van der Waals surface area contributed by atoms with E-state index in [4.69, 9.17) is 0 Å². The molecule has 21 heavy (non-hydrogen) atoms. The number of rotatable bonds is 9. The van der Waals surface area contributed by atoms with Crippen LogP contribution in [0.1, 0.15) is 52.9 Å². The van der Waals surface area contributed by atoms with Gasteiger partial charge in [-0.1, -0.05) is 40.0 Å². The van der Waals surface area contributed by atoms with Gasteiger partial charge in [0.25, 0.3) is 10.2 Å². The molecule has 0 aromatic heterocycles. The Morgan fingerprint density at radius 3 is 2.52 bits per heavy atom. The molecule has 0 bridgehead atoms. The summed E-state index contributed by atoms with van der Waals surface area (Å²) in [7, 11) is -1.67. The summed E-state index contributed by atoms with van der Waals surface area (Å²) in [5.74, 6) is 1.12. The van der Waals surface area contributed by atoms with Crippen LogP contribution in [0.4, 0.5) is 0 Å². The zero-order valence-electron chi connectivity index (χ0n) is 14.1. The lowest BCUT2D eigenvalue weighted by molar-refractivity contribution is 0.256. The summed E-state index contributed by atoms with van der Waals surface area (Å²) in [6.07, 6.45) is 5.71. The van der Waals surface area contributed by atoms with Gasteiger partial charge < -0.3 is 5.32 Å². The van der Waals surface area contributed by atoms with Crippen molar-refractivity contribution in [3.63, 3.8) is 0 Å². The van der Waals surface area contributed by atoms with Crippen molar-refractivity contribution in [1.82, 2.24) is 14.3 Å². The third-order valence-electron chi connectivity index (χ3n) is 4.43. The van der Waals surface area contributed by atoms with Gasteiger partial charge in [0.1, 0.15) is 0 Å². The fourth-order valence-corrected chi connectivity index (χ4v) is 3.85. The lowest BCUT2D eigenvalue weighted by Gasteiger charge is -2.29. The highest BCUT2D eigenvalue weighted by Crippen LogP contribution is 2.28. The van der Waals surface area contributed by atoms with E-state index in [1.54, 1.807) is 7.05 Å². The minimum Gasteiger partial charge on any atom is -0.314 e. The minimum absolute atomic E-state index is 0.442. The molecule has 126 valence electrons. The fraction of sp³-hybridized carbons (Fsp3) is 1.00. The van der Waals surface area contributed by atoms with Gasteiger partial charge >= 0.3 is 0 Å². The van der Waals surface area contributed by atoms with Gasteiger partial charge in [-0.15, -0.1) is 0 Å². The first-order chi connectivity index (χ1) is 9.83. The molecule has 1 aliphatic rings. The van der Waals surface area contributed by atoms with Gasteiger partial charge in [-0.05, 0) is 31.2 Å². The van der Waals surface area contributed by atoms with E-state index in [0.717, 1.165) is 19.4 Å². The van der Waals surface area contributed by atoms with Crippen LogP contribution in [0, 0.1) is 11.8 Å². The second-order valence-electron chi connectivity index (χ2n) is 6.66. The summed E-state index contributed by atoms with van der Waals surface area (Å²) in [5, 5.41) is 3.30. The summed E-state index contributed by atoms with van der Waals surface area (Å²) in [6, 6.07) is 0.442. The average molecular weight is 320 g/mol. The molecule has 0 aromatic carbocycles. The molecule has 0 amide bonds. The maximum absolute atomic E-state index is 12.2. The van der Waals surface area contributed by atoms with Crippen molar-refractivity contribution in [3.8, 4) is 0 Å². The largest absolute Gasteiger partial charge is 0.314 e. The predicted octanol–water partition coefficient (Wildman–Crippen LogP) is 1.97. The molecule has 5 nitrogen and oxygen atoms in total. The second kappa shape index (κ2) is 9.08. The highest BCUT2D eigenvalue weighted by atomic mass is 32.2. The van der Waals surface area contributed by atoms with E-state index < -0.39 is 10.2 Å². The standard InChI is InChI=1S/C15H33N3O2S/c1-13(2)16-10-7-11-18(4)21(19,20)17-12-15-9-6-5-8-14(15)3/h13-17H,5-12H2,1-4H3. The molecule has 0 aliphatic heterocycles. The average Bonchev–Trinajstić information content (AvgIpc) is 2.42. The van der Waals surface area contributed by atoms with Crippen LogP contribution in [0.15, 0.2) is 0 Å². The minimum atomic E-state index is -3.33. The molecule has 1 fully saturated rings. The number of nitrogens with zero attached hydrogens (tertiary/aromatic N) is 1. The SMILES string of the molecule is CC(C)NCCCN(C)S(=O)(=O)NCC1CCCCC1C. The third kappa shape index (κ3) is 7.08. The van der Waals surface area contributed by atoms with Crippen molar-refractivity contribution in [2.45, 2.75) is 58.9 Å². The van der Waals surface area contributed by atoms with Gasteiger partial charge in [-0.25, -0.2) is 4.72 Å². The lowest BCUT2D eigenvalue weighted by Crippen LogP contribution is -2.42. The van der Waals surface area contributed by atoms with Crippen LogP contribution >= 0.6 is 0 Å². The van der Waals surface area contributed by atoms with Crippen molar-refractivity contribution in [2.24, 2.45) is 11.8 Å². The molecule has 0 saturated heterocycles. The van der Waals surface area contributed by atoms with Crippen molar-refractivity contribution >= 4 is 10.2 Å². The van der Waals surface area contributed by atoms with Gasteiger partial charge in [-0.3, -0.25) is 0 Å². The molecule has 2 N–H and O–H groups in total. The molecule has 0 aromatic rings. The monoisotopic (exact) mass is 319 g/mol. The van der Waals surface area contributed by atoms with Crippen LogP contribution in [-0.2, 0) is 10.2 Å². The Bertz CT molecular complexity index is 384. The summed E-state index contributed by atoms with van der Waals surface area (Å²) in [5.41, 5.74) is 0. The summed E-state index contributed by atoms with van der Waals surface area (Å²) in [6.45, 7) is 8.39. The van der Waals surface area contributed by atoms with E-state index >= 15 is 0 Å². The Hall–Kier alpha value is -0.170. The first-order valence-corrected chi connectivity index (χ1v) is 9.71. The first kappa shape index (κ1) is 18.9. The zero-order chi connectivity index (χ0) is 15.9. The molecule has 0 spiro atoms. The Morgan fingerprint density at radius 2 is 1.90 bits per heavy atom. The van der Waals surface area contributed by atoms with E-state index in [1.807, 2.05) is 0 Å². The van der Waals surface area contributed by atoms with Crippen molar-refractivity contribution < 1.29 is 8.42 Å². The molecular weight excluding hydrogens is 286 g/mol. The Balaban J connectivity index is 2.30. The maximum Gasteiger partial charge on any atom is 0.279 e. The zero-order valence-corrected chi connectivity index (χ0v) is 14.9. The molecular formula is C15H33N3O2S. The van der Waals surface area contributed by atoms with Crippen LogP contribution in [-0.4, -0.2) is 45.4 Å². The van der Waals surface area contributed by atoms with Crippen molar-refractivity contribution in [1.29, 1.82) is 0 Å². The molecule has 2 atom stereocenters. The molecule has 6 heteroatoms. The Labute approximate surface area is 131 Å². The van der Waals surface area contributed by atoms with E-state index in [0.29, 0.717) is 31.0 Å². The predicted molar refractivity (Wildman–Crippen MR) is 88.4 cm³/mol. The van der Waals surface area contributed by atoms with Crippen molar-refractivity contribution in [2.75, 3.05) is 26.7 Å². The van der Waals surface area contributed by atoms with Gasteiger partial charge in [0.15, 0.2) is 0 Å². The fourth-order valence-electron chi connectivity index (χ4n) is 2.83. The highest BCUT2D eigenvalue weighted by molar-refractivity contribution is 7.87. The molecule has 0 heterocycles. The van der Waals surface area contributed by atoms with Crippen LogP contribution in [0.3, 0.4) is 0 Å². The van der Waals surface area contributed by atoms with Gasteiger partial charge in [-0.2, -0.15) is 12.7 Å². The van der Waals surface area contributed by atoms with Crippen LogP contribution < -0.4 is 10.0 Å². The molecule has 1 saturated carbocycles. The van der Waals surface area contributed by atoms with Crippen LogP contribution in [0.2, 0.25) is 0 Å². The van der Waals surface area contributed by atoms with Crippen LogP contribution in [0.5, 0.6) is 0 Å². The summed E-state index contributed by atoms with van der Waals surface area (Å²) >= 11 is 0. The highest BCUT2D eigenvalue weighted by Gasteiger charge is 2.24. The van der Waals surface area contributed by atoms with Gasteiger partial charge in [0.2, 0.25) is 0 Å². The Kier molecular flexibility index (Phi) is 8.16. The van der Waals surface area contributed by atoms with E-state index in [-0.39, 0.29) is 0 Å². The quantitative estimate of drug-likeness (QED) is 0.639. The lowest BCUT2D eigenvalue weighted by atomic mass is 9.81. The normalized spacial score (nSPS) is 23.9. The molecule has 0 radical (unpaired) electrons. The third-order valence-corrected chi connectivity index (χ3v) is 5.96. The van der Waals surface area contributed by atoms with Crippen LogP contribution in [0.25, 0.3) is 0 Å². The Morgan fingerprint density at radius 1 is 1.24 bits per heavy atom. The summed E-state index contributed by atoms with van der Waals surface area (Å²) < 4.78 is 28.6. The molecule has 2 unspecified atom stereocenters. The number of nitrogens with one attached hydrogen (secondary N) is 2. The maximum atomic E-state index is 12.2. The second-order valence-corrected chi connectivity index (χ2v) is 8.52. The molecule has 1 aliphatic carbocycles. The van der Waals surface area contributed by atoms with Gasteiger partial charge in [0.05, 0.1) is 0 Å². The van der Waals surface area contributed by atoms with Crippen molar-refractivity contribution in [3.05, 3.63) is 0 Å². The smallest absolute Gasteiger partial charge is 0.279 e. The number of hydrogen-bond acceptors (Lipinski definition) is 3. The first-order valence-electron chi connectivity index (χ1n) is 8.27. The van der Waals surface area contributed by atoms with E-state index in [1.165, 1.54) is 23.6 Å². The van der Waals surface area contributed by atoms with E-state index in [2.05, 4.69) is 30.8 Å². The molecule has 1 rings (SSSR count). The van der Waals surface area contributed by atoms with E-state index in [9.17, 15) is 8.42 Å². The van der Waals surface area contributed by atoms with Gasteiger partial charge in [0, 0.05) is 26.2 Å². The number of hydrogen-bond donors (Lipinski definition) is 2.